The number of hydrogen-bond acceptors (Lipinski definition) is 3. The minimum Gasteiger partial charge on any atom is -0.478 e. The Balaban J connectivity index is 2.04. The Kier molecular flexibility index (Phi) is 5.76. The maximum absolute atomic E-state index is 13.6. The second-order valence-corrected chi connectivity index (χ2v) is 6.45. The van der Waals surface area contributed by atoms with Gasteiger partial charge in [0.15, 0.2) is 0 Å². The summed E-state index contributed by atoms with van der Waals surface area (Å²) in [6.45, 7) is 2.71. The van der Waals surface area contributed by atoms with E-state index in [9.17, 15) is 14.3 Å². The van der Waals surface area contributed by atoms with E-state index in [4.69, 9.17) is 16.4 Å². The van der Waals surface area contributed by atoms with Crippen LogP contribution in [0.3, 0.4) is 0 Å². The van der Waals surface area contributed by atoms with Crippen molar-refractivity contribution < 1.29 is 19.1 Å². The van der Waals surface area contributed by atoms with Gasteiger partial charge in [-0.1, -0.05) is 35.8 Å². The topological polar surface area (TPSA) is 63.8 Å². The molecule has 1 N–H and O–H groups in total. The number of halogens is 2. The van der Waals surface area contributed by atoms with Crippen LogP contribution in [0.1, 0.15) is 29.3 Å². The molecule has 0 aliphatic heterocycles. The highest BCUT2D eigenvalue weighted by Crippen LogP contribution is 2.23. The number of rotatable bonds is 7. The molecule has 0 fully saturated rings. The van der Waals surface area contributed by atoms with Crippen LogP contribution in [0, 0.1) is 5.82 Å². The first kappa shape index (κ1) is 18.9. The molecule has 0 amide bonds. The lowest BCUT2D eigenvalue weighted by Crippen LogP contribution is -2.12. The van der Waals surface area contributed by atoms with Crippen molar-refractivity contribution in [3.05, 3.63) is 70.6 Å². The molecule has 0 aliphatic rings. The molecule has 0 radical (unpaired) electrons. The highest BCUT2D eigenvalue weighted by Gasteiger charge is 2.17. The van der Waals surface area contributed by atoms with Gasteiger partial charge >= 0.3 is 5.97 Å². The van der Waals surface area contributed by atoms with Crippen LogP contribution < -0.4 is 0 Å². The zero-order valence-corrected chi connectivity index (χ0v) is 15.4. The normalized spacial score (nSPS) is 11.7. The van der Waals surface area contributed by atoms with Gasteiger partial charge in [-0.15, -0.1) is 0 Å². The predicted molar refractivity (Wildman–Crippen MR) is 103 cm³/mol. The van der Waals surface area contributed by atoms with Crippen molar-refractivity contribution in [2.45, 2.75) is 19.9 Å². The van der Waals surface area contributed by atoms with Crippen LogP contribution in [0.15, 0.2) is 53.8 Å². The van der Waals surface area contributed by atoms with Gasteiger partial charge in [0.2, 0.25) is 0 Å². The third-order valence-corrected chi connectivity index (χ3v) is 4.29. The molecule has 140 valence electrons. The molecule has 0 unspecified atom stereocenters. The summed E-state index contributed by atoms with van der Waals surface area (Å²) in [4.78, 5) is 16.9. The number of carboxylic acid groups (broad SMARTS) is 1. The summed E-state index contributed by atoms with van der Waals surface area (Å²) in [7, 11) is 0. The second kappa shape index (κ2) is 8.22. The van der Waals surface area contributed by atoms with Crippen molar-refractivity contribution in [1.82, 2.24) is 4.57 Å². The predicted octanol–water partition coefficient (Wildman–Crippen LogP) is 4.96. The average Bonchev–Trinajstić information content (AvgIpc) is 2.99. The molecule has 5 nitrogen and oxygen atoms in total. The van der Waals surface area contributed by atoms with Crippen molar-refractivity contribution in [3.8, 4) is 0 Å². The van der Waals surface area contributed by atoms with Crippen molar-refractivity contribution in [1.29, 1.82) is 0 Å². The Bertz CT molecular complexity index is 996. The van der Waals surface area contributed by atoms with Gasteiger partial charge in [-0.25, -0.2) is 9.18 Å². The molecule has 2 aromatic carbocycles. The molecule has 1 heterocycles. The lowest BCUT2D eigenvalue weighted by atomic mass is 10.1. The number of carbonyl (C=O) groups is 1. The number of oxime groups is 1. The monoisotopic (exact) mass is 388 g/mol. The Hall–Kier alpha value is -2.86. The standard InChI is InChI=1S/C20H18ClFN2O3/c1-2-9-27-23-18(13-3-5-14(21)6-4-13)12-24-11-17(20(25)26)16-10-15(22)7-8-19(16)24/h3-8,10-11H,2,9,12H2,1H3,(H,25,26). The Morgan fingerprint density at radius 1 is 1.26 bits per heavy atom. The highest BCUT2D eigenvalue weighted by atomic mass is 35.5. The molecule has 0 atom stereocenters. The zero-order chi connectivity index (χ0) is 19.4. The van der Waals surface area contributed by atoms with E-state index < -0.39 is 11.8 Å². The van der Waals surface area contributed by atoms with E-state index in [0.29, 0.717) is 28.2 Å². The van der Waals surface area contributed by atoms with Crippen LogP contribution in [-0.4, -0.2) is 28.0 Å². The van der Waals surface area contributed by atoms with Gasteiger partial charge in [-0.3, -0.25) is 0 Å². The number of aromatic nitrogens is 1. The van der Waals surface area contributed by atoms with Gasteiger partial charge < -0.3 is 14.5 Å². The molecule has 7 heteroatoms. The average molecular weight is 389 g/mol. The minimum absolute atomic E-state index is 0.0365. The third-order valence-electron chi connectivity index (χ3n) is 4.04. The van der Waals surface area contributed by atoms with Crippen LogP contribution in [-0.2, 0) is 11.4 Å². The van der Waals surface area contributed by atoms with E-state index in [1.54, 1.807) is 22.8 Å². The smallest absolute Gasteiger partial charge is 0.337 e. The molecule has 27 heavy (non-hydrogen) atoms. The van der Waals surface area contributed by atoms with Crippen LogP contribution in [0.5, 0.6) is 0 Å². The van der Waals surface area contributed by atoms with Crippen molar-refractivity contribution in [2.24, 2.45) is 5.16 Å². The fourth-order valence-corrected chi connectivity index (χ4v) is 2.89. The quantitative estimate of drug-likeness (QED) is 0.353. The van der Waals surface area contributed by atoms with Gasteiger partial charge in [0.05, 0.1) is 12.1 Å². The second-order valence-electron chi connectivity index (χ2n) is 6.02. The van der Waals surface area contributed by atoms with Crippen molar-refractivity contribution in [3.63, 3.8) is 0 Å². The molecule has 1 aromatic heterocycles. The first-order valence-electron chi connectivity index (χ1n) is 8.46. The summed E-state index contributed by atoms with van der Waals surface area (Å²) in [5, 5.41) is 14.6. The largest absolute Gasteiger partial charge is 0.478 e. The summed E-state index contributed by atoms with van der Waals surface area (Å²) in [6.07, 6.45) is 2.30. The maximum atomic E-state index is 13.6. The van der Waals surface area contributed by atoms with Gasteiger partial charge in [-0.2, -0.15) is 0 Å². The molecular formula is C20H18ClFN2O3. The fourth-order valence-electron chi connectivity index (χ4n) is 2.76. The van der Waals surface area contributed by atoms with Crippen LogP contribution in [0.25, 0.3) is 10.9 Å². The minimum atomic E-state index is -1.11. The lowest BCUT2D eigenvalue weighted by Gasteiger charge is -2.10. The van der Waals surface area contributed by atoms with E-state index >= 15 is 0 Å². The number of carboxylic acids is 1. The van der Waals surface area contributed by atoms with Crippen LogP contribution in [0.4, 0.5) is 4.39 Å². The summed E-state index contributed by atoms with van der Waals surface area (Å²) in [6, 6.07) is 11.2. The molecule has 0 saturated heterocycles. The molecule has 3 rings (SSSR count). The van der Waals surface area contributed by atoms with E-state index in [-0.39, 0.29) is 12.1 Å². The molecule has 0 bridgehead atoms. The summed E-state index contributed by atoms with van der Waals surface area (Å²) >= 11 is 5.96. The van der Waals surface area contributed by atoms with Crippen molar-refractivity contribution >= 4 is 34.2 Å². The van der Waals surface area contributed by atoms with E-state index in [1.165, 1.54) is 18.3 Å². The first-order valence-corrected chi connectivity index (χ1v) is 8.84. The van der Waals surface area contributed by atoms with Gasteiger partial charge in [0, 0.05) is 27.7 Å². The molecule has 3 aromatic rings. The Labute approximate surface area is 160 Å². The van der Waals surface area contributed by atoms with Crippen LogP contribution in [0.2, 0.25) is 5.02 Å². The number of fused-ring (bicyclic) bond motifs is 1. The molecule has 0 spiro atoms. The number of aromatic carboxylic acids is 1. The molecule has 0 saturated carbocycles. The lowest BCUT2D eigenvalue weighted by molar-refractivity contribution is 0.0699. The Morgan fingerprint density at radius 2 is 2.00 bits per heavy atom. The maximum Gasteiger partial charge on any atom is 0.337 e. The molecular weight excluding hydrogens is 371 g/mol. The fraction of sp³-hybridized carbons (Fsp3) is 0.200. The van der Waals surface area contributed by atoms with E-state index in [1.807, 2.05) is 19.1 Å². The van der Waals surface area contributed by atoms with Gasteiger partial charge in [0.1, 0.15) is 18.1 Å². The summed E-state index contributed by atoms with van der Waals surface area (Å²) in [5.74, 6) is -1.60. The molecule has 0 aliphatic carbocycles. The highest BCUT2D eigenvalue weighted by molar-refractivity contribution is 6.30. The number of benzene rings is 2. The number of hydrogen-bond donors (Lipinski definition) is 1. The summed E-state index contributed by atoms with van der Waals surface area (Å²) < 4.78 is 15.3. The first-order chi connectivity index (χ1) is 13.0. The van der Waals surface area contributed by atoms with Crippen molar-refractivity contribution in [2.75, 3.05) is 6.61 Å². The SMILES string of the molecule is CCCON=C(Cn1cc(C(=O)O)c2cc(F)ccc21)c1ccc(Cl)cc1. The summed E-state index contributed by atoms with van der Waals surface area (Å²) in [5.41, 5.74) is 2.05. The van der Waals surface area contributed by atoms with E-state index in [0.717, 1.165) is 12.0 Å². The Morgan fingerprint density at radius 3 is 2.67 bits per heavy atom. The third kappa shape index (κ3) is 4.28. The van der Waals surface area contributed by atoms with Gasteiger partial charge in [-0.05, 0) is 36.8 Å². The number of nitrogens with zero attached hydrogens (tertiary/aromatic N) is 2. The van der Waals surface area contributed by atoms with Gasteiger partial charge in [0.25, 0.3) is 0 Å². The zero-order valence-electron chi connectivity index (χ0n) is 14.7. The van der Waals surface area contributed by atoms with E-state index in [2.05, 4.69) is 5.16 Å². The van der Waals surface area contributed by atoms with Crippen LogP contribution >= 0.6 is 11.6 Å².